The largest absolute Gasteiger partial charge is 0.454 e. The molecule has 0 radical (unpaired) electrons. The maximum Gasteiger partial charge on any atom is 0.231 e. The van der Waals surface area contributed by atoms with E-state index in [-0.39, 0.29) is 30.9 Å². The fourth-order valence-corrected chi connectivity index (χ4v) is 3.01. The molecule has 4 rings (SSSR count). The number of fused-ring (bicyclic) bond motifs is 1. The lowest BCUT2D eigenvalue weighted by Gasteiger charge is -2.17. The van der Waals surface area contributed by atoms with Gasteiger partial charge >= 0.3 is 0 Å². The van der Waals surface area contributed by atoms with Crippen LogP contribution in [-0.2, 0) is 16.1 Å². The maximum atomic E-state index is 12.4. The number of anilines is 1. The lowest BCUT2D eigenvalue weighted by molar-refractivity contribution is -0.126. The van der Waals surface area contributed by atoms with E-state index in [0.717, 1.165) is 5.69 Å². The Morgan fingerprint density at radius 1 is 1.24 bits per heavy atom. The summed E-state index contributed by atoms with van der Waals surface area (Å²) in [6.45, 7) is 0.895. The molecule has 1 atom stereocenters. The summed E-state index contributed by atoms with van der Waals surface area (Å²) < 4.78 is 10.6. The van der Waals surface area contributed by atoms with E-state index in [4.69, 9.17) is 9.47 Å². The Morgan fingerprint density at radius 2 is 2.12 bits per heavy atom. The van der Waals surface area contributed by atoms with Crippen molar-refractivity contribution in [3.05, 3.63) is 48.3 Å². The minimum atomic E-state index is -0.373. The zero-order valence-corrected chi connectivity index (χ0v) is 13.5. The van der Waals surface area contributed by atoms with Crippen molar-refractivity contribution in [2.24, 2.45) is 5.92 Å². The summed E-state index contributed by atoms with van der Waals surface area (Å²) in [6.07, 6.45) is 1.88. The standard InChI is InChI=1S/C18H17N3O4/c22-17-7-12(18(23)20-9-13-3-1-2-6-19-13)10-21(17)14-4-5-15-16(8-14)25-11-24-15/h1-6,8,12H,7,9-11H2,(H,20,23)/t12-/m0/s1. The molecule has 128 valence electrons. The molecule has 2 aliphatic heterocycles. The number of ether oxygens (including phenoxy) is 2. The van der Waals surface area contributed by atoms with Crippen LogP contribution in [0.4, 0.5) is 5.69 Å². The van der Waals surface area contributed by atoms with Crippen LogP contribution in [0.3, 0.4) is 0 Å². The number of benzene rings is 1. The van der Waals surface area contributed by atoms with Crippen LogP contribution in [0.2, 0.25) is 0 Å². The molecule has 1 aromatic heterocycles. The molecule has 7 heteroatoms. The van der Waals surface area contributed by atoms with Crippen molar-refractivity contribution in [2.75, 3.05) is 18.2 Å². The van der Waals surface area contributed by atoms with Gasteiger partial charge in [-0.15, -0.1) is 0 Å². The Labute approximate surface area is 144 Å². The Hall–Kier alpha value is -3.09. The number of nitrogens with zero attached hydrogens (tertiary/aromatic N) is 2. The van der Waals surface area contributed by atoms with Gasteiger partial charge in [0.25, 0.3) is 0 Å². The van der Waals surface area contributed by atoms with Gasteiger partial charge < -0.3 is 19.7 Å². The Kier molecular flexibility index (Phi) is 3.97. The molecule has 1 saturated heterocycles. The Bertz CT molecular complexity index is 809. The number of rotatable bonds is 4. The third-order valence-corrected chi connectivity index (χ3v) is 4.33. The number of hydrogen-bond donors (Lipinski definition) is 1. The van der Waals surface area contributed by atoms with E-state index in [1.165, 1.54) is 0 Å². The van der Waals surface area contributed by atoms with E-state index < -0.39 is 0 Å². The van der Waals surface area contributed by atoms with E-state index in [2.05, 4.69) is 10.3 Å². The van der Waals surface area contributed by atoms with Crippen LogP contribution in [0.5, 0.6) is 11.5 Å². The number of nitrogens with one attached hydrogen (secondary N) is 1. The van der Waals surface area contributed by atoms with Gasteiger partial charge in [0, 0.05) is 30.9 Å². The fraction of sp³-hybridized carbons (Fsp3) is 0.278. The van der Waals surface area contributed by atoms with Crippen LogP contribution >= 0.6 is 0 Å². The first-order valence-corrected chi connectivity index (χ1v) is 8.08. The predicted octanol–water partition coefficient (Wildman–Crippen LogP) is 1.48. The Balaban J connectivity index is 1.40. The summed E-state index contributed by atoms with van der Waals surface area (Å²) in [5.41, 5.74) is 1.50. The number of amides is 2. The highest BCUT2D eigenvalue weighted by atomic mass is 16.7. The molecule has 0 unspecified atom stereocenters. The van der Waals surface area contributed by atoms with Gasteiger partial charge in [-0.25, -0.2) is 0 Å². The van der Waals surface area contributed by atoms with Crippen molar-refractivity contribution in [3.63, 3.8) is 0 Å². The summed E-state index contributed by atoms with van der Waals surface area (Å²) in [5.74, 6) is 0.703. The van der Waals surface area contributed by atoms with Crippen LogP contribution in [0.15, 0.2) is 42.6 Å². The van der Waals surface area contributed by atoms with Gasteiger partial charge in [0.05, 0.1) is 18.2 Å². The number of carbonyl (C=O) groups excluding carboxylic acids is 2. The summed E-state index contributed by atoms with van der Waals surface area (Å²) in [6, 6.07) is 10.9. The molecule has 1 fully saturated rings. The van der Waals surface area contributed by atoms with Gasteiger partial charge in [0.15, 0.2) is 11.5 Å². The number of hydrogen-bond acceptors (Lipinski definition) is 5. The van der Waals surface area contributed by atoms with Crippen molar-refractivity contribution in [1.29, 1.82) is 0 Å². The smallest absolute Gasteiger partial charge is 0.231 e. The van der Waals surface area contributed by atoms with Crippen LogP contribution in [-0.4, -0.2) is 30.1 Å². The molecular weight excluding hydrogens is 322 g/mol. The van der Waals surface area contributed by atoms with E-state index in [0.29, 0.717) is 30.3 Å². The molecule has 2 amide bonds. The summed E-state index contributed by atoms with van der Waals surface area (Å²) in [4.78, 5) is 30.5. The normalized spacial score (nSPS) is 18.5. The zero-order valence-electron chi connectivity index (χ0n) is 13.5. The van der Waals surface area contributed by atoms with E-state index in [1.54, 1.807) is 29.3 Å². The molecule has 7 nitrogen and oxygen atoms in total. The summed E-state index contributed by atoms with van der Waals surface area (Å²) >= 11 is 0. The quantitative estimate of drug-likeness (QED) is 0.912. The topological polar surface area (TPSA) is 80.8 Å². The lowest BCUT2D eigenvalue weighted by atomic mass is 10.1. The molecule has 3 heterocycles. The van der Waals surface area contributed by atoms with Crippen LogP contribution < -0.4 is 19.7 Å². The first kappa shape index (κ1) is 15.4. The molecule has 0 aliphatic carbocycles. The molecule has 1 aromatic carbocycles. The molecule has 0 spiro atoms. The molecule has 0 saturated carbocycles. The molecule has 2 aliphatic rings. The van der Waals surface area contributed by atoms with Crippen LogP contribution in [0.25, 0.3) is 0 Å². The number of carbonyl (C=O) groups is 2. The van der Waals surface area contributed by atoms with Gasteiger partial charge in [-0.3, -0.25) is 14.6 Å². The number of pyridine rings is 1. The minimum Gasteiger partial charge on any atom is -0.454 e. The second-order valence-electron chi connectivity index (χ2n) is 5.98. The molecule has 2 aromatic rings. The van der Waals surface area contributed by atoms with Gasteiger partial charge in [0.2, 0.25) is 18.6 Å². The predicted molar refractivity (Wildman–Crippen MR) is 89.1 cm³/mol. The van der Waals surface area contributed by atoms with Crippen molar-refractivity contribution in [2.45, 2.75) is 13.0 Å². The van der Waals surface area contributed by atoms with Gasteiger partial charge in [0.1, 0.15) is 0 Å². The van der Waals surface area contributed by atoms with Crippen molar-refractivity contribution in [3.8, 4) is 11.5 Å². The van der Waals surface area contributed by atoms with Gasteiger partial charge in [-0.1, -0.05) is 6.07 Å². The van der Waals surface area contributed by atoms with E-state index in [1.807, 2.05) is 18.2 Å². The van der Waals surface area contributed by atoms with Gasteiger partial charge in [-0.05, 0) is 24.3 Å². The lowest BCUT2D eigenvalue weighted by Crippen LogP contribution is -2.32. The van der Waals surface area contributed by atoms with Crippen LogP contribution in [0.1, 0.15) is 12.1 Å². The molecule has 1 N–H and O–H groups in total. The first-order chi connectivity index (χ1) is 12.2. The van der Waals surface area contributed by atoms with E-state index in [9.17, 15) is 9.59 Å². The highest BCUT2D eigenvalue weighted by Crippen LogP contribution is 2.37. The van der Waals surface area contributed by atoms with Crippen molar-refractivity contribution >= 4 is 17.5 Å². The van der Waals surface area contributed by atoms with Crippen LogP contribution in [0, 0.1) is 5.92 Å². The fourth-order valence-electron chi connectivity index (χ4n) is 3.01. The highest BCUT2D eigenvalue weighted by Gasteiger charge is 2.35. The van der Waals surface area contributed by atoms with Crippen molar-refractivity contribution < 1.29 is 19.1 Å². The van der Waals surface area contributed by atoms with Crippen molar-refractivity contribution in [1.82, 2.24) is 10.3 Å². The Morgan fingerprint density at radius 3 is 2.96 bits per heavy atom. The summed E-state index contributed by atoms with van der Waals surface area (Å²) in [7, 11) is 0. The maximum absolute atomic E-state index is 12.4. The SMILES string of the molecule is O=C(NCc1ccccn1)[C@H]1CC(=O)N(c2ccc3c(c2)OCO3)C1. The average molecular weight is 339 g/mol. The monoisotopic (exact) mass is 339 g/mol. The first-order valence-electron chi connectivity index (χ1n) is 8.08. The minimum absolute atomic E-state index is 0.0724. The second-order valence-corrected chi connectivity index (χ2v) is 5.98. The molecular formula is C18H17N3O4. The molecule has 0 bridgehead atoms. The van der Waals surface area contributed by atoms with Gasteiger partial charge in [-0.2, -0.15) is 0 Å². The number of aromatic nitrogens is 1. The second kappa shape index (κ2) is 6.43. The summed E-state index contributed by atoms with van der Waals surface area (Å²) in [5, 5.41) is 2.85. The third kappa shape index (κ3) is 3.13. The van der Waals surface area contributed by atoms with E-state index >= 15 is 0 Å². The zero-order chi connectivity index (χ0) is 17.2. The highest BCUT2D eigenvalue weighted by molar-refractivity contribution is 6.00. The molecule has 25 heavy (non-hydrogen) atoms. The third-order valence-electron chi connectivity index (χ3n) is 4.33. The average Bonchev–Trinajstić information content (AvgIpc) is 3.26.